The van der Waals surface area contributed by atoms with Gasteiger partial charge in [0.25, 0.3) is 0 Å². The van der Waals surface area contributed by atoms with Gasteiger partial charge in [-0.25, -0.2) is 4.98 Å². The maximum Gasteiger partial charge on any atom is 0.239 e. The molecule has 21 heavy (non-hydrogen) atoms. The molecule has 0 aliphatic heterocycles. The molecule has 110 valence electrons. The molecule has 1 atom stereocenters. The molecule has 1 aromatic carbocycles. The highest BCUT2D eigenvalue weighted by molar-refractivity contribution is 9.10. The number of hydrogen-bond donors (Lipinski definition) is 2. The van der Waals surface area contributed by atoms with Gasteiger partial charge in [-0.2, -0.15) is 0 Å². The van der Waals surface area contributed by atoms with Crippen molar-refractivity contribution in [2.75, 3.05) is 11.9 Å². The van der Waals surface area contributed by atoms with Gasteiger partial charge in [-0.1, -0.05) is 23.7 Å². The van der Waals surface area contributed by atoms with Crippen LogP contribution in [-0.4, -0.2) is 17.4 Å². The third-order valence-corrected chi connectivity index (χ3v) is 3.65. The summed E-state index contributed by atoms with van der Waals surface area (Å²) in [5.41, 5.74) is 1.08. The van der Waals surface area contributed by atoms with E-state index in [4.69, 9.17) is 11.6 Å². The molecule has 0 spiro atoms. The summed E-state index contributed by atoms with van der Waals surface area (Å²) >= 11 is 9.15. The number of aromatic nitrogens is 1. The second kappa shape index (κ2) is 7.54. The predicted molar refractivity (Wildman–Crippen MR) is 88.4 cm³/mol. The molecule has 2 rings (SSSR count). The smallest absolute Gasteiger partial charge is 0.239 e. The first-order chi connectivity index (χ1) is 10.0. The molecule has 6 heteroatoms. The summed E-state index contributed by atoms with van der Waals surface area (Å²) in [5.74, 6) is 0.398. The van der Waals surface area contributed by atoms with Gasteiger partial charge < -0.3 is 10.6 Å². The van der Waals surface area contributed by atoms with Crippen molar-refractivity contribution in [3.63, 3.8) is 0 Å². The van der Waals surface area contributed by atoms with E-state index in [0.717, 1.165) is 10.0 Å². The number of carbonyl (C=O) groups is 1. The van der Waals surface area contributed by atoms with E-state index in [9.17, 15) is 4.79 Å². The Kier molecular flexibility index (Phi) is 5.73. The van der Waals surface area contributed by atoms with Gasteiger partial charge in [0.05, 0.1) is 6.54 Å². The molecular weight excluding hydrogens is 354 g/mol. The minimum atomic E-state index is -0.134. The van der Waals surface area contributed by atoms with E-state index in [-0.39, 0.29) is 18.5 Å². The first kappa shape index (κ1) is 15.9. The minimum Gasteiger partial charge on any atom is -0.310 e. The molecule has 0 fully saturated rings. The van der Waals surface area contributed by atoms with Gasteiger partial charge in [-0.05, 0) is 52.7 Å². The van der Waals surface area contributed by atoms with Crippen LogP contribution in [0.3, 0.4) is 0 Å². The molecule has 1 amide bonds. The van der Waals surface area contributed by atoms with Crippen molar-refractivity contribution in [1.82, 2.24) is 10.3 Å². The van der Waals surface area contributed by atoms with Gasteiger partial charge in [0.1, 0.15) is 5.82 Å². The number of benzene rings is 1. The lowest BCUT2D eigenvalue weighted by atomic mass is 10.1. The van der Waals surface area contributed by atoms with Crippen LogP contribution in [0.1, 0.15) is 18.5 Å². The summed E-state index contributed by atoms with van der Waals surface area (Å²) in [4.78, 5) is 15.9. The molecule has 2 aromatic rings. The van der Waals surface area contributed by atoms with E-state index in [0.29, 0.717) is 10.8 Å². The van der Waals surface area contributed by atoms with Gasteiger partial charge in [0.2, 0.25) is 5.91 Å². The average Bonchev–Trinajstić information content (AvgIpc) is 2.48. The first-order valence-electron chi connectivity index (χ1n) is 6.45. The third kappa shape index (κ3) is 5.12. The van der Waals surface area contributed by atoms with Crippen molar-refractivity contribution in [3.05, 3.63) is 57.7 Å². The Bertz CT molecular complexity index is 601. The lowest BCUT2D eigenvalue weighted by Crippen LogP contribution is -2.30. The van der Waals surface area contributed by atoms with Crippen molar-refractivity contribution in [2.45, 2.75) is 13.0 Å². The van der Waals surface area contributed by atoms with Crippen molar-refractivity contribution in [1.29, 1.82) is 0 Å². The molecule has 1 heterocycles. The molecule has 0 saturated carbocycles. The van der Waals surface area contributed by atoms with Gasteiger partial charge in [0.15, 0.2) is 0 Å². The number of amides is 1. The molecule has 1 aromatic heterocycles. The van der Waals surface area contributed by atoms with E-state index >= 15 is 0 Å². The van der Waals surface area contributed by atoms with E-state index < -0.39 is 0 Å². The number of nitrogens with one attached hydrogen (secondary N) is 2. The van der Waals surface area contributed by atoms with Crippen LogP contribution in [-0.2, 0) is 4.79 Å². The topological polar surface area (TPSA) is 54.0 Å². The Balaban J connectivity index is 1.83. The van der Waals surface area contributed by atoms with Crippen LogP contribution in [0, 0.1) is 0 Å². The van der Waals surface area contributed by atoms with Crippen molar-refractivity contribution in [3.8, 4) is 0 Å². The van der Waals surface area contributed by atoms with Crippen molar-refractivity contribution in [2.24, 2.45) is 0 Å². The first-order valence-corrected chi connectivity index (χ1v) is 7.62. The Morgan fingerprint density at radius 2 is 2.00 bits per heavy atom. The number of carbonyl (C=O) groups excluding carboxylic acids is 1. The molecule has 0 saturated heterocycles. The van der Waals surface area contributed by atoms with Crippen LogP contribution in [0.5, 0.6) is 0 Å². The number of pyridine rings is 1. The fourth-order valence-electron chi connectivity index (χ4n) is 1.75. The maximum absolute atomic E-state index is 11.8. The number of anilines is 1. The Morgan fingerprint density at radius 3 is 2.62 bits per heavy atom. The zero-order valence-corrected chi connectivity index (χ0v) is 13.8. The largest absolute Gasteiger partial charge is 0.310 e. The summed E-state index contributed by atoms with van der Waals surface area (Å²) < 4.78 is 0.870. The SMILES string of the molecule is CC(NCC(=O)Nc1ccc(Br)cn1)c1ccc(Cl)cc1. The van der Waals surface area contributed by atoms with E-state index in [1.165, 1.54) is 0 Å². The monoisotopic (exact) mass is 367 g/mol. The molecule has 4 nitrogen and oxygen atoms in total. The van der Waals surface area contributed by atoms with E-state index in [2.05, 4.69) is 31.5 Å². The Hall–Kier alpha value is -1.43. The molecule has 2 N–H and O–H groups in total. The maximum atomic E-state index is 11.8. The summed E-state index contributed by atoms with van der Waals surface area (Å²) in [6, 6.07) is 11.2. The molecule has 0 bridgehead atoms. The molecule has 1 unspecified atom stereocenters. The lowest BCUT2D eigenvalue weighted by Gasteiger charge is -2.14. The number of rotatable bonds is 5. The van der Waals surface area contributed by atoms with Gasteiger partial charge in [-0.3, -0.25) is 4.79 Å². The quantitative estimate of drug-likeness (QED) is 0.844. The Morgan fingerprint density at radius 1 is 1.29 bits per heavy atom. The van der Waals surface area contributed by atoms with E-state index in [1.807, 2.05) is 37.3 Å². The van der Waals surface area contributed by atoms with E-state index in [1.54, 1.807) is 12.3 Å². The summed E-state index contributed by atoms with van der Waals surface area (Å²) in [5, 5.41) is 6.59. The number of hydrogen-bond acceptors (Lipinski definition) is 3. The van der Waals surface area contributed by atoms with Gasteiger partial charge in [0, 0.05) is 21.7 Å². The average molecular weight is 369 g/mol. The lowest BCUT2D eigenvalue weighted by molar-refractivity contribution is -0.115. The van der Waals surface area contributed by atoms with Crippen molar-refractivity contribution < 1.29 is 4.79 Å². The predicted octanol–water partition coefficient (Wildman–Crippen LogP) is 3.79. The summed E-state index contributed by atoms with van der Waals surface area (Å²) in [6.07, 6.45) is 1.64. The Labute approximate surface area is 137 Å². The van der Waals surface area contributed by atoms with Crippen LogP contribution in [0.2, 0.25) is 5.02 Å². The van der Waals surface area contributed by atoms with Crippen LogP contribution in [0.4, 0.5) is 5.82 Å². The molecular formula is C15H15BrClN3O. The standard InChI is InChI=1S/C15H15BrClN3O/c1-10(11-2-5-13(17)6-3-11)18-9-15(21)20-14-7-4-12(16)8-19-14/h2-8,10,18H,9H2,1H3,(H,19,20,21). The second-order valence-electron chi connectivity index (χ2n) is 4.56. The zero-order chi connectivity index (χ0) is 15.2. The second-order valence-corrected chi connectivity index (χ2v) is 5.92. The van der Waals surface area contributed by atoms with Crippen LogP contribution in [0.15, 0.2) is 47.1 Å². The highest BCUT2D eigenvalue weighted by Crippen LogP contribution is 2.15. The summed E-state index contributed by atoms with van der Waals surface area (Å²) in [7, 11) is 0. The number of halogens is 2. The molecule has 0 radical (unpaired) electrons. The number of nitrogens with zero attached hydrogens (tertiary/aromatic N) is 1. The normalized spacial score (nSPS) is 12.0. The minimum absolute atomic E-state index is 0.0610. The van der Waals surface area contributed by atoms with Gasteiger partial charge in [-0.15, -0.1) is 0 Å². The van der Waals surface area contributed by atoms with Crippen LogP contribution < -0.4 is 10.6 Å². The molecule has 0 aliphatic carbocycles. The van der Waals surface area contributed by atoms with Crippen LogP contribution in [0.25, 0.3) is 0 Å². The van der Waals surface area contributed by atoms with Gasteiger partial charge >= 0.3 is 0 Å². The highest BCUT2D eigenvalue weighted by atomic mass is 79.9. The van der Waals surface area contributed by atoms with Crippen molar-refractivity contribution >= 4 is 39.3 Å². The summed E-state index contributed by atoms with van der Waals surface area (Å²) in [6.45, 7) is 2.20. The molecule has 0 aliphatic rings. The third-order valence-electron chi connectivity index (χ3n) is 2.93. The zero-order valence-electron chi connectivity index (χ0n) is 11.4. The van der Waals surface area contributed by atoms with Crippen LogP contribution >= 0.6 is 27.5 Å². The fraction of sp³-hybridized carbons (Fsp3) is 0.200. The fourth-order valence-corrected chi connectivity index (χ4v) is 2.11. The highest BCUT2D eigenvalue weighted by Gasteiger charge is 2.08.